The van der Waals surface area contributed by atoms with E-state index in [0.717, 1.165) is 18.3 Å². The van der Waals surface area contributed by atoms with Crippen LogP contribution in [-0.2, 0) is 6.54 Å². The van der Waals surface area contributed by atoms with E-state index >= 15 is 0 Å². The second-order valence-corrected chi connectivity index (χ2v) is 5.13. The van der Waals surface area contributed by atoms with Gasteiger partial charge in [-0.25, -0.2) is 4.98 Å². The SMILES string of the molecule is CCCCCCC(CCC)Cn1ccnc1C. The highest BCUT2D eigenvalue weighted by molar-refractivity contribution is 4.88. The van der Waals surface area contributed by atoms with Gasteiger partial charge in [0.1, 0.15) is 5.82 Å². The summed E-state index contributed by atoms with van der Waals surface area (Å²) in [5, 5.41) is 0. The van der Waals surface area contributed by atoms with Crippen molar-refractivity contribution in [1.29, 1.82) is 0 Å². The van der Waals surface area contributed by atoms with Crippen LogP contribution in [0, 0.1) is 12.8 Å². The molecule has 1 aromatic rings. The second-order valence-electron chi connectivity index (χ2n) is 5.13. The number of hydrogen-bond acceptors (Lipinski definition) is 1. The molecule has 0 amide bonds. The number of hydrogen-bond donors (Lipinski definition) is 0. The molecule has 0 aliphatic carbocycles. The fraction of sp³-hybridized carbons (Fsp3) is 0.800. The molecule has 0 bridgehead atoms. The van der Waals surface area contributed by atoms with Crippen molar-refractivity contribution < 1.29 is 0 Å². The van der Waals surface area contributed by atoms with Crippen molar-refractivity contribution >= 4 is 0 Å². The molecular weight excluding hydrogens is 208 g/mol. The van der Waals surface area contributed by atoms with E-state index in [4.69, 9.17) is 0 Å². The summed E-state index contributed by atoms with van der Waals surface area (Å²) in [7, 11) is 0. The van der Waals surface area contributed by atoms with E-state index in [1.165, 1.54) is 44.9 Å². The highest BCUT2D eigenvalue weighted by atomic mass is 15.1. The Balaban J connectivity index is 2.35. The molecule has 0 aliphatic rings. The lowest BCUT2D eigenvalue weighted by atomic mass is 9.96. The molecule has 1 atom stereocenters. The average molecular weight is 236 g/mol. The smallest absolute Gasteiger partial charge is 0.105 e. The Kier molecular flexibility index (Phi) is 6.99. The molecule has 2 heteroatoms. The van der Waals surface area contributed by atoms with Crippen molar-refractivity contribution in [2.75, 3.05) is 0 Å². The third-order valence-corrected chi connectivity index (χ3v) is 3.54. The van der Waals surface area contributed by atoms with Crippen molar-refractivity contribution in [3.63, 3.8) is 0 Å². The van der Waals surface area contributed by atoms with E-state index in [1.807, 2.05) is 6.20 Å². The van der Waals surface area contributed by atoms with Gasteiger partial charge in [-0.2, -0.15) is 0 Å². The number of imidazole rings is 1. The van der Waals surface area contributed by atoms with E-state index in [-0.39, 0.29) is 0 Å². The Bertz CT molecular complexity index is 291. The molecule has 0 spiro atoms. The highest BCUT2D eigenvalue weighted by Crippen LogP contribution is 2.18. The van der Waals surface area contributed by atoms with Gasteiger partial charge >= 0.3 is 0 Å². The van der Waals surface area contributed by atoms with E-state index in [1.54, 1.807) is 0 Å². The van der Waals surface area contributed by atoms with Gasteiger partial charge in [0.15, 0.2) is 0 Å². The van der Waals surface area contributed by atoms with Gasteiger partial charge in [-0.15, -0.1) is 0 Å². The molecule has 0 fully saturated rings. The summed E-state index contributed by atoms with van der Waals surface area (Å²) in [5.74, 6) is 1.99. The molecule has 0 saturated heterocycles. The Morgan fingerprint density at radius 1 is 1.12 bits per heavy atom. The number of rotatable bonds is 9. The van der Waals surface area contributed by atoms with Gasteiger partial charge in [0, 0.05) is 18.9 Å². The zero-order valence-electron chi connectivity index (χ0n) is 11.8. The largest absolute Gasteiger partial charge is 0.335 e. The van der Waals surface area contributed by atoms with Crippen LogP contribution in [0.4, 0.5) is 0 Å². The summed E-state index contributed by atoms with van der Waals surface area (Å²) >= 11 is 0. The lowest BCUT2D eigenvalue weighted by Gasteiger charge is -2.17. The van der Waals surface area contributed by atoms with Gasteiger partial charge < -0.3 is 4.57 Å². The molecule has 1 aromatic heterocycles. The minimum absolute atomic E-state index is 0.838. The Hall–Kier alpha value is -0.790. The topological polar surface area (TPSA) is 17.8 Å². The number of unbranched alkanes of at least 4 members (excludes halogenated alkanes) is 3. The molecule has 0 aromatic carbocycles. The molecule has 1 rings (SSSR count). The zero-order valence-corrected chi connectivity index (χ0v) is 11.8. The van der Waals surface area contributed by atoms with Crippen LogP contribution in [0.25, 0.3) is 0 Å². The summed E-state index contributed by atoms with van der Waals surface area (Å²) in [5.41, 5.74) is 0. The quantitative estimate of drug-likeness (QED) is 0.574. The molecule has 0 N–H and O–H groups in total. The minimum Gasteiger partial charge on any atom is -0.335 e. The predicted molar refractivity (Wildman–Crippen MR) is 74.1 cm³/mol. The van der Waals surface area contributed by atoms with E-state index in [0.29, 0.717) is 0 Å². The van der Waals surface area contributed by atoms with Crippen molar-refractivity contribution in [2.45, 2.75) is 72.3 Å². The van der Waals surface area contributed by atoms with Gasteiger partial charge in [-0.3, -0.25) is 0 Å². The van der Waals surface area contributed by atoms with E-state index < -0.39 is 0 Å². The van der Waals surface area contributed by atoms with Gasteiger partial charge in [-0.1, -0.05) is 46.0 Å². The normalized spacial score (nSPS) is 12.9. The maximum absolute atomic E-state index is 4.30. The van der Waals surface area contributed by atoms with Crippen LogP contribution in [0.15, 0.2) is 12.4 Å². The second kappa shape index (κ2) is 8.32. The lowest BCUT2D eigenvalue weighted by Crippen LogP contribution is -2.11. The fourth-order valence-corrected chi connectivity index (χ4v) is 2.47. The number of aromatic nitrogens is 2. The zero-order chi connectivity index (χ0) is 12.5. The average Bonchev–Trinajstić information content (AvgIpc) is 2.71. The van der Waals surface area contributed by atoms with Crippen LogP contribution in [-0.4, -0.2) is 9.55 Å². The Labute approximate surface area is 106 Å². The summed E-state index contributed by atoms with van der Waals surface area (Å²) < 4.78 is 2.31. The number of nitrogens with zero attached hydrogens (tertiary/aromatic N) is 2. The monoisotopic (exact) mass is 236 g/mol. The van der Waals surface area contributed by atoms with Crippen molar-refractivity contribution in [1.82, 2.24) is 9.55 Å². The van der Waals surface area contributed by atoms with Crippen LogP contribution in [0.3, 0.4) is 0 Å². The summed E-state index contributed by atoms with van der Waals surface area (Å²) in [6, 6.07) is 0. The first-order chi connectivity index (χ1) is 8.27. The molecule has 98 valence electrons. The van der Waals surface area contributed by atoms with Gasteiger partial charge in [0.25, 0.3) is 0 Å². The lowest BCUT2D eigenvalue weighted by molar-refractivity contribution is 0.366. The van der Waals surface area contributed by atoms with Crippen LogP contribution in [0.1, 0.15) is 64.6 Å². The van der Waals surface area contributed by atoms with Crippen LogP contribution < -0.4 is 0 Å². The predicted octanol–water partition coefficient (Wildman–Crippen LogP) is 4.58. The van der Waals surface area contributed by atoms with Crippen molar-refractivity contribution in [3.8, 4) is 0 Å². The minimum atomic E-state index is 0.838. The first-order valence-corrected chi connectivity index (χ1v) is 7.25. The van der Waals surface area contributed by atoms with E-state index in [9.17, 15) is 0 Å². The fourth-order valence-electron chi connectivity index (χ4n) is 2.47. The van der Waals surface area contributed by atoms with E-state index in [2.05, 4.69) is 36.5 Å². The van der Waals surface area contributed by atoms with Gasteiger partial charge in [-0.05, 0) is 25.7 Å². The van der Waals surface area contributed by atoms with Crippen molar-refractivity contribution in [2.24, 2.45) is 5.92 Å². The molecule has 0 saturated carbocycles. The van der Waals surface area contributed by atoms with Crippen LogP contribution in [0.2, 0.25) is 0 Å². The molecular formula is C15H28N2. The first kappa shape index (κ1) is 14.3. The third kappa shape index (κ3) is 5.38. The molecule has 17 heavy (non-hydrogen) atoms. The summed E-state index contributed by atoms with van der Waals surface area (Å²) in [4.78, 5) is 4.30. The van der Waals surface area contributed by atoms with Gasteiger partial charge in [0.05, 0.1) is 0 Å². The first-order valence-electron chi connectivity index (χ1n) is 7.25. The third-order valence-electron chi connectivity index (χ3n) is 3.54. The van der Waals surface area contributed by atoms with Crippen LogP contribution >= 0.6 is 0 Å². The highest BCUT2D eigenvalue weighted by Gasteiger charge is 2.09. The van der Waals surface area contributed by atoms with Crippen LogP contribution in [0.5, 0.6) is 0 Å². The maximum Gasteiger partial charge on any atom is 0.105 e. The molecule has 1 unspecified atom stereocenters. The Morgan fingerprint density at radius 2 is 1.94 bits per heavy atom. The summed E-state index contributed by atoms with van der Waals surface area (Å²) in [6.45, 7) is 7.82. The maximum atomic E-state index is 4.30. The Morgan fingerprint density at radius 3 is 2.53 bits per heavy atom. The molecule has 2 nitrogen and oxygen atoms in total. The molecule has 1 heterocycles. The molecule has 0 aliphatic heterocycles. The van der Waals surface area contributed by atoms with Crippen molar-refractivity contribution in [3.05, 3.63) is 18.2 Å². The molecule has 0 radical (unpaired) electrons. The standard InChI is InChI=1S/C15H28N2/c1-4-6-7-8-10-15(9-5-2)13-17-12-11-16-14(17)3/h11-12,15H,4-10,13H2,1-3H3. The number of aryl methyl sites for hydroxylation is 1. The van der Waals surface area contributed by atoms with Gasteiger partial charge in [0.2, 0.25) is 0 Å². The summed E-state index contributed by atoms with van der Waals surface area (Å²) in [6.07, 6.45) is 13.6.